The molecule has 0 bridgehead atoms. The summed E-state index contributed by atoms with van der Waals surface area (Å²) >= 11 is 1.57. The summed E-state index contributed by atoms with van der Waals surface area (Å²) in [6.07, 6.45) is 0.606. The number of benzene rings is 2. The summed E-state index contributed by atoms with van der Waals surface area (Å²) in [5, 5.41) is 24.7. The van der Waals surface area contributed by atoms with Gasteiger partial charge in [0.1, 0.15) is 35.8 Å². The Morgan fingerprint density at radius 2 is 1.62 bits per heavy atom. The number of aryl methyl sites for hydroxylation is 1. The van der Waals surface area contributed by atoms with Crippen LogP contribution < -0.4 is 20.7 Å². The number of carbonyl (C=O) groups excluding carboxylic acids is 6. The van der Waals surface area contributed by atoms with E-state index in [2.05, 4.69) is 31.0 Å². The maximum Gasteiger partial charge on any atom is 0.433 e. The lowest BCUT2D eigenvalue weighted by atomic mass is 9.65. The minimum absolute atomic E-state index is 0.0204. The number of β-amino-alcohol motifs (C(OH)–C–C–N with tert-alkyl or cyclic N) is 1. The summed E-state index contributed by atoms with van der Waals surface area (Å²) in [5.41, 5.74) is 3.09. The number of aliphatic hydroxyl groups is 1. The average Bonchev–Trinajstić information content (AvgIpc) is 4.41. The number of ether oxygens (including phenoxy) is 1. The summed E-state index contributed by atoms with van der Waals surface area (Å²) in [7, 11) is 1.39. The number of fused-ring (bicyclic) bond motifs is 1. The molecule has 4 fully saturated rings. The van der Waals surface area contributed by atoms with Gasteiger partial charge in [-0.25, -0.2) is 14.8 Å². The van der Waals surface area contributed by atoms with E-state index in [0.29, 0.717) is 63.0 Å². The number of amides is 7. The second-order valence-electron chi connectivity index (χ2n) is 22.5. The molecule has 7 amide bonds. The minimum atomic E-state index is -4.72. The molecule has 9 rings (SSSR count). The third-order valence-electron chi connectivity index (χ3n) is 16.1. The largest absolute Gasteiger partial charge is 0.494 e. The number of anilines is 1. The number of methoxy groups -OCH3 is 1. The third kappa shape index (κ3) is 12.7. The van der Waals surface area contributed by atoms with Gasteiger partial charge in [0, 0.05) is 69.3 Å². The van der Waals surface area contributed by atoms with E-state index in [1.54, 1.807) is 44.1 Å². The van der Waals surface area contributed by atoms with Crippen LogP contribution in [-0.2, 0) is 31.9 Å². The molecule has 1 spiro atoms. The predicted molar refractivity (Wildman–Crippen MR) is 289 cm³/mol. The summed E-state index contributed by atoms with van der Waals surface area (Å²) < 4.78 is 46.8. The smallest absolute Gasteiger partial charge is 0.433 e. The molecule has 422 valence electrons. The van der Waals surface area contributed by atoms with Crippen molar-refractivity contribution in [1.82, 2.24) is 50.0 Å². The highest BCUT2D eigenvalue weighted by molar-refractivity contribution is 7.13. The molecule has 1 aliphatic carbocycles. The number of nitrogens with zero attached hydrogens (tertiary/aromatic N) is 8. The Kier molecular flexibility index (Phi) is 16.4. The maximum absolute atomic E-state index is 14.4. The van der Waals surface area contributed by atoms with Crippen LogP contribution in [0.25, 0.3) is 21.3 Å². The van der Waals surface area contributed by atoms with E-state index in [1.807, 2.05) is 69.3 Å². The molecule has 4 atom stereocenters. The van der Waals surface area contributed by atoms with Crippen molar-refractivity contribution in [1.29, 1.82) is 0 Å². The van der Waals surface area contributed by atoms with Gasteiger partial charge in [-0.05, 0) is 92.5 Å². The molecule has 6 heterocycles. The van der Waals surface area contributed by atoms with E-state index in [-0.39, 0.29) is 72.1 Å². The molecule has 1 unspecified atom stereocenters. The number of carbonyl (C=O) groups is 6. The van der Waals surface area contributed by atoms with Crippen molar-refractivity contribution in [3.8, 4) is 16.2 Å². The molecule has 3 aliphatic heterocycles. The standard InChI is InChI=1S/C56H68F3N11O8S/c1-33(35-10-12-36(13-11-35)47-34(2)60-32-79-47)61-51(75)43-27-39(71)30-70(43)52(76)48(54(3,4)5)64-49(73)37-14-16-55(17-15-37)18-20-66(21-19-55)46(72)31-68-23-22-67(53(68)77)24-25-69-29-38-26-42(44(78-6)28-41(38)65-69)63-50(74)40-8-7-9-45(62-40)56(57,58)59/h7-13,26,28-29,32-33,37,39,43,48,71H,14-25,27,30-31H2,1-6H3,(H,61,75)(H,63,74)(H,64,73)/t33-,39+,43?,48+/m0/s1. The zero-order valence-corrected chi connectivity index (χ0v) is 46.1. The van der Waals surface area contributed by atoms with E-state index in [9.17, 15) is 47.0 Å². The van der Waals surface area contributed by atoms with Crippen molar-refractivity contribution in [3.05, 3.63) is 88.9 Å². The summed E-state index contributed by atoms with van der Waals surface area (Å²) in [5.74, 6) is -2.04. The van der Waals surface area contributed by atoms with Gasteiger partial charge in [0.2, 0.25) is 23.6 Å². The monoisotopic (exact) mass is 1110 g/mol. The lowest BCUT2D eigenvalue weighted by Crippen LogP contribution is -2.58. The van der Waals surface area contributed by atoms with Gasteiger partial charge in [-0.3, -0.25) is 28.7 Å². The van der Waals surface area contributed by atoms with Crippen LogP contribution in [0, 0.1) is 23.7 Å². The predicted octanol–water partition coefficient (Wildman–Crippen LogP) is 7.05. The summed E-state index contributed by atoms with van der Waals surface area (Å²) in [6, 6.07) is 11.7. The van der Waals surface area contributed by atoms with E-state index in [0.717, 1.165) is 59.5 Å². The van der Waals surface area contributed by atoms with Gasteiger partial charge in [-0.2, -0.15) is 18.3 Å². The van der Waals surface area contributed by atoms with Gasteiger partial charge in [0.15, 0.2) is 0 Å². The number of alkyl halides is 3. The second-order valence-corrected chi connectivity index (χ2v) is 23.4. The fourth-order valence-electron chi connectivity index (χ4n) is 11.4. The lowest BCUT2D eigenvalue weighted by molar-refractivity contribution is -0.145. The molecule has 3 saturated heterocycles. The van der Waals surface area contributed by atoms with Crippen molar-refractivity contribution < 1.29 is 51.8 Å². The van der Waals surface area contributed by atoms with Crippen molar-refractivity contribution in [2.45, 2.75) is 117 Å². The number of hydrogen-bond acceptors (Lipinski definition) is 12. The van der Waals surface area contributed by atoms with Gasteiger partial charge < -0.3 is 45.4 Å². The van der Waals surface area contributed by atoms with Crippen molar-refractivity contribution in [2.24, 2.45) is 16.7 Å². The van der Waals surface area contributed by atoms with Crippen LogP contribution in [0.1, 0.15) is 106 Å². The Balaban J connectivity index is 0.720. The van der Waals surface area contributed by atoms with Crippen LogP contribution in [0.5, 0.6) is 5.75 Å². The SMILES string of the molecule is COc1cc2nn(CCN3CCN(CC(=O)N4CCC5(CCC(C(=O)N[C@H](C(=O)N6C[C@H](O)CC6C(=O)N[C@@H](C)c6ccc(-c7scnc7C)cc6)C(C)(C)C)CC5)CC4)C3=O)cc2cc1NC(=O)c1cccc(C(F)(F)F)n1. The lowest BCUT2D eigenvalue weighted by Gasteiger charge is -2.46. The van der Waals surface area contributed by atoms with Gasteiger partial charge >= 0.3 is 12.2 Å². The second kappa shape index (κ2) is 22.9. The molecular formula is C56H68F3N11O8S. The number of thiazole rings is 1. The van der Waals surface area contributed by atoms with Gasteiger partial charge in [-0.1, -0.05) is 51.1 Å². The normalized spacial score (nSPS) is 19.7. The number of halogens is 3. The highest BCUT2D eigenvalue weighted by Crippen LogP contribution is 2.47. The third-order valence-corrected chi connectivity index (χ3v) is 17.1. The molecule has 1 saturated carbocycles. The van der Waals surface area contributed by atoms with E-state index in [4.69, 9.17) is 4.74 Å². The van der Waals surface area contributed by atoms with Crippen LogP contribution in [-0.4, -0.2) is 151 Å². The highest BCUT2D eigenvalue weighted by Gasteiger charge is 2.47. The molecule has 4 aliphatic rings. The van der Waals surface area contributed by atoms with Crippen LogP contribution >= 0.6 is 11.3 Å². The first kappa shape index (κ1) is 56.6. The molecule has 2 aromatic carbocycles. The van der Waals surface area contributed by atoms with Gasteiger partial charge in [-0.15, -0.1) is 11.3 Å². The van der Waals surface area contributed by atoms with Crippen LogP contribution in [0.3, 0.4) is 0 Å². The summed E-state index contributed by atoms with van der Waals surface area (Å²) in [4.78, 5) is 97.7. The molecule has 0 radical (unpaired) electrons. The van der Waals surface area contributed by atoms with E-state index < -0.39 is 53.0 Å². The molecule has 23 heteroatoms. The Morgan fingerprint density at radius 3 is 2.28 bits per heavy atom. The first-order valence-electron chi connectivity index (χ1n) is 26.8. The fraction of sp³-hybridized carbons (Fsp3) is 0.518. The number of hydrogen-bond donors (Lipinski definition) is 4. The molecule has 5 aromatic rings. The van der Waals surface area contributed by atoms with Crippen molar-refractivity contribution in [2.75, 3.05) is 58.2 Å². The number of aliphatic hydroxyl groups excluding tert-OH is 1. The van der Waals surface area contributed by atoms with Gasteiger partial charge in [0.05, 0.1) is 53.1 Å². The van der Waals surface area contributed by atoms with Crippen LogP contribution in [0.2, 0.25) is 0 Å². The average molecular weight is 1110 g/mol. The Labute approximate surface area is 460 Å². The highest BCUT2D eigenvalue weighted by atomic mass is 32.1. The number of piperidine rings is 1. The summed E-state index contributed by atoms with van der Waals surface area (Å²) in [6.45, 7) is 11.9. The van der Waals surface area contributed by atoms with Crippen LogP contribution in [0.4, 0.5) is 23.7 Å². The van der Waals surface area contributed by atoms with E-state index >= 15 is 0 Å². The first-order valence-corrected chi connectivity index (χ1v) is 27.7. The molecule has 79 heavy (non-hydrogen) atoms. The minimum Gasteiger partial charge on any atom is -0.494 e. The number of pyridine rings is 1. The number of rotatable bonds is 15. The van der Waals surface area contributed by atoms with Crippen molar-refractivity contribution >= 4 is 63.5 Å². The quantitative estimate of drug-likeness (QED) is 0.0831. The number of likely N-dealkylation sites (tertiary alicyclic amines) is 2. The molecule has 3 aromatic heterocycles. The van der Waals surface area contributed by atoms with Gasteiger partial charge in [0.25, 0.3) is 5.91 Å². The molecular weight excluding hydrogens is 1040 g/mol. The Hall–Kier alpha value is -7.14. The zero-order valence-electron chi connectivity index (χ0n) is 45.3. The number of nitrogens with one attached hydrogen (secondary N) is 3. The number of aromatic nitrogens is 4. The number of urea groups is 1. The molecule has 4 N–H and O–H groups in total. The van der Waals surface area contributed by atoms with Crippen molar-refractivity contribution in [3.63, 3.8) is 0 Å². The van der Waals surface area contributed by atoms with Crippen LogP contribution in [0.15, 0.2) is 66.3 Å². The maximum atomic E-state index is 14.4. The fourth-order valence-corrected chi connectivity index (χ4v) is 12.2. The topological polar surface area (TPSA) is 225 Å². The molecule has 19 nitrogen and oxygen atoms in total. The first-order chi connectivity index (χ1) is 37.5. The Morgan fingerprint density at radius 1 is 0.911 bits per heavy atom. The van der Waals surface area contributed by atoms with E-state index in [1.165, 1.54) is 18.1 Å². The zero-order chi connectivity index (χ0) is 56.6. The Bertz CT molecular complexity index is 3090.